The van der Waals surface area contributed by atoms with E-state index in [2.05, 4.69) is 380 Å². The van der Waals surface area contributed by atoms with Crippen LogP contribution in [0.2, 0.25) is 0 Å². The number of terminal acetylenes is 1. The predicted octanol–water partition coefficient (Wildman–Crippen LogP) is 28.7. The number of hydrogen-bond acceptors (Lipinski definition) is 1. The third-order valence-corrected chi connectivity index (χ3v) is 20.6. The van der Waals surface area contributed by atoms with Crippen LogP contribution in [0.4, 0.5) is 0 Å². The fourth-order valence-electron chi connectivity index (χ4n) is 16.2. The average Bonchev–Trinajstić information content (AvgIpc) is 1.55. The molecule has 0 atom stereocenters. The molecule has 0 fully saturated rings. The number of aromatic nitrogens is 6. The number of hydrogen-bond donors (Lipinski definition) is 0. The summed E-state index contributed by atoms with van der Waals surface area (Å²) in [6, 6.07) is 131. The maximum Gasteiger partial charge on any atom is 1.00 e. The van der Waals surface area contributed by atoms with Gasteiger partial charge in [-0.1, -0.05) is 224 Å². The van der Waals surface area contributed by atoms with Gasteiger partial charge in [0.1, 0.15) is 0 Å². The summed E-state index contributed by atoms with van der Waals surface area (Å²) in [4.78, 5) is 0. The summed E-state index contributed by atoms with van der Waals surface area (Å²) in [6.07, 6.45) is 11.0. The fourth-order valence-corrected chi connectivity index (χ4v) is 16.2. The van der Waals surface area contributed by atoms with Gasteiger partial charge in [-0.15, -0.1) is 0 Å². The van der Waals surface area contributed by atoms with Crippen molar-refractivity contribution < 1.29 is 71.0 Å². The van der Waals surface area contributed by atoms with Crippen molar-refractivity contribution in [2.45, 2.75) is 6.73 Å². The molecule has 0 bridgehead atoms. The Bertz CT molecular complexity index is 6680. The predicted molar refractivity (Wildman–Crippen MR) is 498 cm³/mol. The first-order valence-corrected chi connectivity index (χ1v) is 34.9. The summed E-state index contributed by atoms with van der Waals surface area (Å²) < 4.78 is 19.7. The van der Waals surface area contributed by atoms with Crippen molar-refractivity contribution in [3.8, 4) is 62.9 Å². The minimum absolute atomic E-state index is 0. The smallest absolute Gasteiger partial charge is 0.697 e. The molecule has 105 heavy (non-hydrogen) atoms. The quantitative estimate of drug-likeness (QED) is 0.0678. The Morgan fingerprint density at radius 1 is 0.267 bits per heavy atom. The van der Waals surface area contributed by atoms with Gasteiger partial charge in [-0.05, 0) is 156 Å². The third-order valence-electron chi connectivity index (χ3n) is 20.6. The second-order valence-corrected chi connectivity index (χ2v) is 26.1. The van der Waals surface area contributed by atoms with Crippen molar-refractivity contribution in [3.05, 3.63) is 384 Å². The van der Waals surface area contributed by atoms with Crippen LogP contribution in [0.3, 0.4) is 0 Å². The van der Waals surface area contributed by atoms with E-state index in [1.807, 2.05) is 24.4 Å². The zero-order chi connectivity index (χ0) is 68.5. The zero-order valence-corrected chi connectivity index (χ0v) is 58.1. The van der Waals surface area contributed by atoms with Crippen LogP contribution in [0.1, 0.15) is 42.8 Å². The molecule has 1 aliphatic rings. The largest absolute Gasteiger partial charge is 1.00 e. The maximum atomic E-state index is 5.48. The minimum atomic E-state index is 0. The number of ether oxygens (including phenoxy) is 1. The molecular formula is C97H127LiN6O. The van der Waals surface area contributed by atoms with Crippen molar-refractivity contribution in [1.29, 1.82) is 0 Å². The Morgan fingerprint density at radius 3 is 0.990 bits per heavy atom. The van der Waals surface area contributed by atoms with E-state index in [-0.39, 0.29) is 69.1 Å². The first-order chi connectivity index (χ1) is 51.2. The topological polar surface area (TPSA) is 37.8 Å². The number of nitrogens with zero attached hydrogens (tertiary/aromatic N) is 6. The second-order valence-electron chi connectivity index (χ2n) is 26.1. The van der Waals surface area contributed by atoms with Gasteiger partial charge >= 0.3 is 18.9 Å². The molecule has 0 radical (unpaired) electrons. The molecule has 8 heteroatoms. The van der Waals surface area contributed by atoms with Gasteiger partial charge in [0.25, 0.3) is 12.2 Å². The Hall–Kier alpha value is -13.3. The molecule has 0 saturated heterocycles. The summed E-state index contributed by atoms with van der Waals surface area (Å²) in [5.41, 5.74) is 24.0. The number of benzene rings is 15. The van der Waals surface area contributed by atoms with Crippen LogP contribution in [0.15, 0.2) is 370 Å². The van der Waals surface area contributed by atoms with E-state index in [9.17, 15) is 0 Å². The maximum absolute atomic E-state index is 5.48. The van der Waals surface area contributed by atoms with Gasteiger partial charge in [-0.3, -0.25) is 0 Å². The molecule has 21 aromatic rings. The van der Waals surface area contributed by atoms with Crippen LogP contribution in [-0.4, -0.2) is 22.8 Å². The monoisotopic (exact) mass is 1400 g/mol. The SMILES string of the molecule is [C-]#C.[CH3-].[HH].[HH].[HH].[HH].[HH].[HH].[HH].[HH].[HH].[HH].[HH].[HH].[HH].[HH].[HH].[HH].[HH].[HH].[HH].[HH].[HH].[HH].[HH].[HH].[HH].[HH].[HH].[HH].[HH].[HH].[Li+].c1cc2c3c(c1)ccc[n+]3CO2.c1ccc(-c2ccc(-n3c4ccccc4c4c5c6ccccc6n(-c6ccc(-c7ccccc7)cc6)c5ccc43)cc2)cc1.c1ccc(-n2c3ccccc3c3c4c5ccc(-n6c7ccccc7c7ccccc76)cc5n(-c5ccccc5)c4ccc32)cc1. The van der Waals surface area contributed by atoms with E-state index in [0.29, 0.717) is 6.73 Å². The molecule has 0 aliphatic carbocycles. The van der Waals surface area contributed by atoms with Gasteiger partial charge in [0.15, 0.2) is 11.9 Å². The third kappa shape index (κ3) is 10.7. The molecule has 7 heterocycles. The van der Waals surface area contributed by atoms with Crippen molar-refractivity contribution >= 4 is 120 Å². The van der Waals surface area contributed by atoms with E-state index in [1.54, 1.807) is 0 Å². The van der Waals surface area contributed by atoms with E-state index in [1.165, 1.54) is 148 Å². The fraction of sp³-hybridized carbons (Fsp3) is 0.0103. The van der Waals surface area contributed by atoms with Crippen molar-refractivity contribution in [2.75, 3.05) is 0 Å². The summed E-state index contributed by atoms with van der Waals surface area (Å²) in [5.74, 6) is 0.994. The molecule has 0 amide bonds. The first-order valence-electron chi connectivity index (χ1n) is 34.9. The molecule has 15 aromatic carbocycles. The van der Waals surface area contributed by atoms with Crippen LogP contribution in [0, 0.1) is 20.3 Å². The van der Waals surface area contributed by atoms with Gasteiger partial charge in [0, 0.05) is 131 Å². The molecule has 0 spiro atoms. The number of pyridine rings is 1. The van der Waals surface area contributed by atoms with Gasteiger partial charge in [-0.25, -0.2) is 0 Å². The van der Waals surface area contributed by atoms with E-state index in [4.69, 9.17) is 11.2 Å². The summed E-state index contributed by atoms with van der Waals surface area (Å²) >= 11 is 0. The Labute approximate surface area is 664 Å². The van der Waals surface area contributed by atoms with Gasteiger partial charge in [0.05, 0.1) is 60.6 Å². The van der Waals surface area contributed by atoms with E-state index in [0.717, 1.165) is 28.5 Å². The molecule has 1 aliphatic heterocycles. The van der Waals surface area contributed by atoms with Gasteiger partial charge in [-0.2, -0.15) is 4.57 Å². The van der Waals surface area contributed by atoms with Crippen LogP contribution < -0.4 is 28.2 Å². The van der Waals surface area contributed by atoms with Crippen LogP contribution in [0.25, 0.3) is 171 Å². The summed E-state index contributed by atoms with van der Waals surface area (Å²) in [7, 11) is 0. The average molecular weight is 1400 g/mol. The molecule has 552 valence electrons. The summed E-state index contributed by atoms with van der Waals surface area (Å²) in [5, 5.41) is 14.0. The Morgan fingerprint density at radius 2 is 0.571 bits per heavy atom. The molecule has 0 saturated carbocycles. The molecule has 22 rings (SSSR count). The number of para-hydroxylation sites is 8. The number of rotatable bonds is 7. The van der Waals surface area contributed by atoms with Crippen LogP contribution in [0.5, 0.6) is 5.75 Å². The van der Waals surface area contributed by atoms with E-state index < -0.39 is 0 Å². The normalized spacial score (nSPS) is 11.6. The summed E-state index contributed by atoms with van der Waals surface area (Å²) in [6.45, 7) is 0.649. The standard InChI is InChI=1S/C42H27N3.C42H28N2.C10H8NO.C2H.CH3.Li.30H2/c1-3-13-28(14-4-1)43-37-22-12-9-19-33(37)41-38(43)25-26-39-42(41)34-24-23-30(27-40(34)44(39)29-15-5-2-6-16-29)45-35-20-10-7-17-31(35)32-18-8-11-21-36(32)45;1-3-11-29(12-4-1)31-19-23-33(24-20-31)43-37-17-9-7-15-35(37)41-39(43)27-28-40-42(41)36-16-8-10-18-38(36)44(40)34-25-21-32(22-26-34)30-13-5-2-6-14-30;1-3-8-4-2-6-11-7-12-9(5-1)10(8)11;1-2;;;;;;;;;;;;;;;;;;;;;;;;;;;;;;;;/h1-27H;1-28H;1-6H,7H2;1H;1H3;;30*1H/q;;+1;2*-1;+1;;;;;;;;;;;;;;;;;;;;;;;;;;;;;;. The molecule has 6 aromatic heterocycles. The first kappa shape index (κ1) is 65.0. The molecule has 0 N–H and O–H groups in total. The van der Waals surface area contributed by atoms with Crippen LogP contribution in [-0.2, 0) is 6.73 Å². The van der Waals surface area contributed by atoms with Crippen molar-refractivity contribution in [3.63, 3.8) is 0 Å². The Balaban J connectivity index is -0.000000130. The van der Waals surface area contributed by atoms with Gasteiger partial charge < -0.3 is 47.8 Å². The number of fused-ring (bicyclic) bond motifs is 17. The minimum Gasteiger partial charge on any atom is -0.697 e. The van der Waals surface area contributed by atoms with Crippen molar-refractivity contribution in [2.24, 2.45) is 0 Å². The van der Waals surface area contributed by atoms with E-state index >= 15 is 0 Å². The van der Waals surface area contributed by atoms with Gasteiger partial charge in [0.2, 0.25) is 0 Å². The molecule has 0 unspecified atom stereocenters. The van der Waals surface area contributed by atoms with Crippen molar-refractivity contribution in [1.82, 2.24) is 22.8 Å². The second kappa shape index (κ2) is 27.2. The molecule has 7 nitrogen and oxygen atoms in total. The molecular weight excluding hydrogens is 1270 g/mol. The zero-order valence-electron chi connectivity index (χ0n) is 58.1. The van der Waals surface area contributed by atoms with Crippen LogP contribution >= 0.6 is 0 Å². The Kier molecular flexibility index (Phi) is 16.8.